The van der Waals surface area contributed by atoms with Crippen LogP contribution in [0.1, 0.15) is 32.3 Å². The van der Waals surface area contributed by atoms with Gasteiger partial charge >= 0.3 is 11.9 Å². The van der Waals surface area contributed by atoms with Gasteiger partial charge in [-0.05, 0) is 41.2 Å². The van der Waals surface area contributed by atoms with E-state index in [1.54, 1.807) is 6.08 Å². The second-order valence-electron chi connectivity index (χ2n) is 8.60. The lowest BCUT2D eigenvalue weighted by Crippen LogP contribution is -2.28. The maximum absolute atomic E-state index is 12.6. The minimum Gasteiger partial charge on any atom is -0.481 e. The van der Waals surface area contributed by atoms with Crippen LogP contribution in [0.25, 0.3) is 0 Å². The third-order valence-electron chi connectivity index (χ3n) is 6.58. The molecule has 1 unspecified atom stereocenters. The van der Waals surface area contributed by atoms with Crippen LogP contribution in [0.2, 0.25) is 0 Å². The molecule has 1 saturated carbocycles. The molecule has 0 aliphatic heterocycles. The second-order valence-corrected chi connectivity index (χ2v) is 8.60. The predicted molar refractivity (Wildman–Crippen MR) is 121 cm³/mol. The van der Waals surface area contributed by atoms with Crippen LogP contribution in [0.3, 0.4) is 0 Å². The molecule has 0 saturated heterocycles. The van der Waals surface area contributed by atoms with Crippen LogP contribution in [0, 0.1) is 16.7 Å². The summed E-state index contributed by atoms with van der Waals surface area (Å²) in [6, 6.07) is 17.0. The molecule has 0 heterocycles. The highest BCUT2D eigenvalue weighted by Crippen LogP contribution is 2.75. The largest absolute Gasteiger partial charge is 0.481 e. The van der Waals surface area contributed by atoms with Crippen molar-refractivity contribution in [2.75, 3.05) is 20.3 Å². The molecule has 6 nitrogen and oxygen atoms in total. The van der Waals surface area contributed by atoms with E-state index in [0.717, 1.165) is 5.56 Å². The number of esters is 1. The summed E-state index contributed by atoms with van der Waals surface area (Å²) in [5, 5.41) is 10.3. The zero-order valence-corrected chi connectivity index (χ0v) is 18.9. The van der Waals surface area contributed by atoms with E-state index < -0.39 is 22.8 Å². The van der Waals surface area contributed by atoms with E-state index in [9.17, 15) is 14.7 Å². The standard InChI is InChI=1S/C26H30O6/c1-18(19-9-8-12-21(17-19)32-20-10-6-5-7-11-20)26(24(28)29)22(25(26,2)3)13-14-23(27)31-16-15-30-4/h5-14,17-18,22H,15-16H2,1-4H3,(H,28,29)/t18?,22-,26+/m1/s1. The van der Waals surface area contributed by atoms with E-state index in [0.29, 0.717) is 18.1 Å². The first kappa shape index (κ1) is 23.5. The minimum atomic E-state index is -1.05. The molecule has 1 aliphatic carbocycles. The molecule has 0 bridgehead atoms. The lowest BCUT2D eigenvalue weighted by atomic mass is 9.79. The van der Waals surface area contributed by atoms with Gasteiger partial charge in [0.2, 0.25) is 0 Å². The average molecular weight is 439 g/mol. The van der Waals surface area contributed by atoms with Crippen molar-refractivity contribution >= 4 is 11.9 Å². The number of carboxylic acids is 1. The minimum absolute atomic E-state index is 0.155. The van der Waals surface area contributed by atoms with Crippen molar-refractivity contribution < 1.29 is 28.9 Å². The van der Waals surface area contributed by atoms with Crippen molar-refractivity contribution in [1.82, 2.24) is 0 Å². The van der Waals surface area contributed by atoms with E-state index in [-0.39, 0.29) is 18.4 Å². The SMILES string of the molecule is COCCOC(=O)C=C[C@@H]1C(C)(C)[C@@]1(C(=O)O)C(C)c1cccc(Oc2ccccc2)c1. The highest BCUT2D eigenvalue weighted by atomic mass is 16.6. The molecule has 2 aromatic carbocycles. The Morgan fingerprint density at radius 2 is 1.75 bits per heavy atom. The van der Waals surface area contributed by atoms with E-state index in [1.807, 2.05) is 75.4 Å². The van der Waals surface area contributed by atoms with Gasteiger partial charge in [0.05, 0.1) is 12.0 Å². The number of ether oxygens (including phenoxy) is 3. The summed E-state index contributed by atoms with van der Waals surface area (Å²) in [5.41, 5.74) is -0.730. The Morgan fingerprint density at radius 1 is 1.06 bits per heavy atom. The molecule has 0 aromatic heterocycles. The zero-order valence-electron chi connectivity index (χ0n) is 18.9. The Labute approximate surface area is 188 Å². The van der Waals surface area contributed by atoms with Gasteiger partial charge in [-0.2, -0.15) is 0 Å². The van der Waals surface area contributed by atoms with E-state index in [1.165, 1.54) is 13.2 Å². The van der Waals surface area contributed by atoms with Crippen LogP contribution < -0.4 is 4.74 Å². The van der Waals surface area contributed by atoms with Gasteiger partial charge in [0.1, 0.15) is 18.1 Å². The van der Waals surface area contributed by atoms with Crippen LogP contribution in [0.15, 0.2) is 66.7 Å². The first-order valence-corrected chi connectivity index (χ1v) is 10.6. The molecule has 32 heavy (non-hydrogen) atoms. The molecule has 0 amide bonds. The number of para-hydroxylation sites is 1. The number of carbonyl (C=O) groups excluding carboxylic acids is 1. The summed E-state index contributed by atoms with van der Waals surface area (Å²) in [5.74, 6) is -0.662. The van der Waals surface area contributed by atoms with Gasteiger partial charge < -0.3 is 19.3 Å². The van der Waals surface area contributed by atoms with Crippen molar-refractivity contribution in [1.29, 1.82) is 0 Å². The van der Waals surface area contributed by atoms with Crippen molar-refractivity contribution in [2.45, 2.75) is 26.7 Å². The quantitative estimate of drug-likeness (QED) is 0.317. The Morgan fingerprint density at radius 3 is 2.41 bits per heavy atom. The molecule has 1 fully saturated rings. The molecule has 6 heteroatoms. The Hall–Kier alpha value is -3.12. The summed E-state index contributed by atoms with van der Waals surface area (Å²) >= 11 is 0. The molecule has 3 rings (SSSR count). The van der Waals surface area contributed by atoms with E-state index in [2.05, 4.69) is 0 Å². The van der Waals surface area contributed by atoms with Crippen molar-refractivity contribution in [3.05, 3.63) is 72.3 Å². The molecule has 170 valence electrons. The normalized spacial score (nSPS) is 22.3. The molecular weight excluding hydrogens is 408 g/mol. The summed E-state index contributed by atoms with van der Waals surface area (Å²) in [6.07, 6.45) is 3.00. The van der Waals surface area contributed by atoms with Crippen molar-refractivity contribution in [2.24, 2.45) is 16.7 Å². The summed E-state index contributed by atoms with van der Waals surface area (Å²) in [6.45, 7) is 6.23. The van der Waals surface area contributed by atoms with Crippen LogP contribution in [0.4, 0.5) is 0 Å². The highest BCUT2D eigenvalue weighted by molar-refractivity contribution is 5.85. The number of carboxylic acid groups (broad SMARTS) is 1. The van der Waals surface area contributed by atoms with E-state index in [4.69, 9.17) is 14.2 Å². The van der Waals surface area contributed by atoms with Gasteiger partial charge in [0.15, 0.2) is 0 Å². The molecule has 2 aromatic rings. The number of methoxy groups -OCH3 is 1. The first-order valence-electron chi connectivity index (χ1n) is 10.6. The number of aliphatic carboxylic acids is 1. The number of hydrogen-bond acceptors (Lipinski definition) is 5. The number of carbonyl (C=O) groups is 2. The van der Waals surface area contributed by atoms with Crippen molar-refractivity contribution in [3.8, 4) is 11.5 Å². The maximum Gasteiger partial charge on any atom is 0.330 e. The molecule has 1 N–H and O–H groups in total. The fraction of sp³-hybridized carbons (Fsp3) is 0.385. The van der Waals surface area contributed by atoms with Gasteiger partial charge in [0.25, 0.3) is 0 Å². The highest BCUT2D eigenvalue weighted by Gasteiger charge is 2.76. The maximum atomic E-state index is 12.6. The van der Waals surface area contributed by atoms with Crippen LogP contribution in [0.5, 0.6) is 11.5 Å². The summed E-state index contributed by atoms with van der Waals surface area (Å²) in [7, 11) is 1.53. The van der Waals surface area contributed by atoms with Crippen LogP contribution in [-0.4, -0.2) is 37.4 Å². The lowest BCUT2D eigenvalue weighted by Gasteiger charge is -2.24. The molecule has 3 atom stereocenters. The van der Waals surface area contributed by atoms with Gasteiger partial charge in [-0.15, -0.1) is 0 Å². The first-order chi connectivity index (χ1) is 15.2. The van der Waals surface area contributed by atoms with Crippen LogP contribution >= 0.6 is 0 Å². The van der Waals surface area contributed by atoms with Gasteiger partial charge in [-0.3, -0.25) is 4.79 Å². The molecular formula is C26H30O6. The fourth-order valence-corrected chi connectivity index (χ4v) is 4.83. The monoisotopic (exact) mass is 438 g/mol. The van der Waals surface area contributed by atoms with Gasteiger partial charge in [0, 0.05) is 19.1 Å². The molecule has 0 spiro atoms. The number of hydrogen-bond donors (Lipinski definition) is 1. The smallest absolute Gasteiger partial charge is 0.330 e. The van der Waals surface area contributed by atoms with Crippen LogP contribution in [-0.2, 0) is 19.1 Å². The third-order valence-corrected chi connectivity index (χ3v) is 6.58. The second kappa shape index (κ2) is 9.57. The van der Waals surface area contributed by atoms with Gasteiger partial charge in [-0.25, -0.2) is 4.79 Å². The molecule has 1 aliphatic rings. The lowest BCUT2D eigenvalue weighted by molar-refractivity contribution is -0.146. The Kier molecular flexibility index (Phi) is 7.04. The topological polar surface area (TPSA) is 82.1 Å². The Balaban J connectivity index is 1.82. The van der Waals surface area contributed by atoms with Gasteiger partial charge in [-0.1, -0.05) is 57.2 Å². The summed E-state index contributed by atoms with van der Waals surface area (Å²) in [4.78, 5) is 24.5. The Bertz CT molecular complexity index is 981. The average Bonchev–Trinajstić information content (AvgIpc) is 3.28. The zero-order chi connectivity index (χ0) is 23.4. The number of benzene rings is 2. The van der Waals surface area contributed by atoms with E-state index >= 15 is 0 Å². The predicted octanol–water partition coefficient (Wildman–Crippen LogP) is 5.06. The summed E-state index contributed by atoms with van der Waals surface area (Å²) < 4.78 is 15.9. The number of rotatable bonds is 10. The third kappa shape index (κ3) is 4.41. The van der Waals surface area contributed by atoms with Crippen molar-refractivity contribution in [3.63, 3.8) is 0 Å². The molecule has 0 radical (unpaired) electrons. The fourth-order valence-electron chi connectivity index (χ4n) is 4.83. The number of allylic oxidation sites excluding steroid dienone is 1.